The highest BCUT2D eigenvalue weighted by Crippen LogP contribution is 2.41. The molecule has 12 heteroatoms. The van der Waals surface area contributed by atoms with Crippen LogP contribution in [-0.2, 0) is 19.6 Å². The Bertz CT molecular complexity index is 838. The van der Waals surface area contributed by atoms with Gasteiger partial charge in [0.1, 0.15) is 5.75 Å². The molecule has 1 aromatic rings. The first-order valence-corrected chi connectivity index (χ1v) is 10.4. The molecule has 0 saturated carbocycles. The van der Waals surface area contributed by atoms with Crippen LogP contribution in [0.5, 0.6) is 5.75 Å². The Hall–Kier alpha value is -1.89. The Morgan fingerprint density at radius 2 is 1.77 bits per heavy atom. The normalized spacial score (nSPS) is 21.6. The van der Waals surface area contributed by atoms with E-state index in [2.05, 4.69) is 11.9 Å². The summed E-state index contributed by atoms with van der Waals surface area (Å²) in [5.74, 6) is -1.62. The summed E-state index contributed by atoms with van der Waals surface area (Å²) in [5, 5.41) is 7.12. The van der Waals surface area contributed by atoms with Crippen molar-refractivity contribution < 1.29 is 41.0 Å². The van der Waals surface area contributed by atoms with Gasteiger partial charge in [0.05, 0.1) is 18.6 Å². The quantitative estimate of drug-likeness (QED) is 0.723. The zero-order valence-corrected chi connectivity index (χ0v) is 17.7. The fraction of sp³-hybridized carbons (Fsp3) is 0.611. The van der Waals surface area contributed by atoms with Crippen molar-refractivity contribution >= 4 is 16.0 Å². The maximum absolute atomic E-state index is 12.7. The molecule has 3 rings (SSSR count). The van der Waals surface area contributed by atoms with Crippen molar-refractivity contribution in [1.29, 1.82) is 0 Å². The van der Waals surface area contributed by atoms with E-state index in [1.165, 1.54) is 0 Å². The minimum Gasteiger partial charge on any atom is -0.497 e. The number of rotatable bonds is 5. The number of carbonyl (C=O) groups is 1. The number of alkyl halides is 3. The number of nitrogens with zero attached hydrogens (tertiary/aromatic N) is 2. The average molecular weight is 454 g/mol. The molecule has 1 atom stereocenters. The van der Waals surface area contributed by atoms with Gasteiger partial charge in [-0.2, -0.15) is 17.5 Å². The van der Waals surface area contributed by atoms with E-state index in [4.69, 9.17) is 19.4 Å². The molecule has 2 aliphatic rings. The van der Waals surface area contributed by atoms with Crippen molar-refractivity contribution in [2.45, 2.75) is 23.0 Å². The number of ether oxygens (including phenoxy) is 2. The molecule has 2 saturated heterocycles. The molecule has 1 N–H and O–H groups in total. The number of hydrogen-bond acceptors (Lipinski definition) is 6. The van der Waals surface area contributed by atoms with Crippen molar-refractivity contribution in [3.05, 3.63) is 24.3 Å². The molecule has 8 nitrogen and oxygen atoms in total. The third kappa shape index (κ3) is 5.23. The van der Waals surface area contributed by atoms with Gasteiger partial charge in [-0.3, -0.25) is 4.90 Å². The third-order valence-corrected chi connectivity index (χ3v) is 7.10. The fourth-order valence-corrected chi connectivity index (χ4v) is 5.33. The molecule has 1 unspecified atom stereocenters. The van der Waals surface area contributed by atoms with Gasteiger partial charge in [-0.05, 0) is 43.7 Å². The molecular formula is C18H25F3N2O6S. The molecule has 0 bridgehead atoms. The van der Waals surface area contributed by atoms with E-state index in [9.17, 15) is 21.6 Å². The van der Waals surface area contributed by atoms with Crippen LogP contribution in [0.3, 0.4) is 0 Å². The average Bonchev–Trinajstić information content (AvgIpc) is 2.97. The van der Waals surface area contributed by atoms with Crippen molar-refractivity contribution in [1.82, 2.24) is 9.21 Å². The van der Waals surface area contributed by atoms with Crippen LogP contribution in [0.2, 0.25) is 0 Å². The van der Waals surface area contributed by atoms with Crippen LogP contribution >= 0.6 is 0 Å². The molecule has 2 heterocycles. The van der Waals surface area contributed by atoms with Gasteiger partial charge in [0.15, 0.2) is 0 Å². The first-order chi connectivity index (χ1) is 13.9. The number of hydrogen-bond donors (Lipinski definition) is 1. The summed E-state index contributed by atoms with van der Waals surface area (Å²) in [6.07, 6.45) is -4.09. The van der Waals surface area contributed by atoms with Crippen LogP contribution in [0.4, 0.5) is 13.2 Å². The number of carboxylic acids is 1. The number of likely N-dealkylation sites (N-methyl/N-ethyl adjacent to an activating group) is 1. The van der Waals surface area contributed by atoms with Crippen LogP contribution in [-0.4, -0.2) is 87.9 Å². The summed E-state index contributed by atoms with van der Waals surface area (Å²) in [4.78, 5) is 11.5. The maximum Gasteiger partial charge on any atom is 0.490 e. The lowest BCUT2D eigenvalue weighted by atomic mass is 9.87. The van der Waals surface area contributed by atoms with E-state index in [1.54, 1.807) is 42.8 Å². The van der Waals surface area contributed by atoms with Gasteiger partial charge < -0.3 is 14.6 Å². The summed E-state index contributed by atoms with van der Waals surface area (Å²) in [7, 11) is 1.93. The summed E-state index contributed by atoms with van der Waals surface area (Å²) >= 11 is 0. The molecule has 0 amide bonds. The number of aliphatic carboxylic acids is 1. The van der Waals surface area contributed by atoms with Gasteiger partial charge in [0.2, 0.25) is 10.0 Å². The first kappa shape index (κ1) is 24.4. The van der Waals surface area contributed by atoms with Gasteiger partial charge in [-0.15, -0.1) is 0 Å². The van der Waals surface area contributed by atoms with E-state index in [-0.39, 0.29) is 5.54 Å². The Morgan fingerprint density at radius 3 is 2.20 bits per heavy atom. The largest absolute Gasteiger partial charge is 0.497 e. The molecule has 0 radical (unpaired) electrons. The number of sulfonamides is 1. The number of likely N-dealkylation sites (tertiary alicyclic amines) is 1. The lowest BCUT2D eigenvalue weighted by Gasteiger charge is -2.50. The van der Waals surface area contributed by atoms with Crippen LogP contribution in [0.1, 0.15) is 6.42 Å². The summed E-state index contributed by atoms with van der Waals surface area (Å²) in [5.41, 5.74) is -0.0251. The van der Waals surface area contributed by atoms with E-state index in [0.29, 0.717) is 29.7 Å². The van der Waals surface area contributed by atoms with E-state index in [1.807, 2.05) is 0 Å². The molecule has 2 aliphatic heterocycles. The summed E-state index contributed by atoms with van der Waals surface area (Å²) in [6, 6.07) is 6.56. The Labute approximate surface area is 173 Å². The van der Waals surface area contributed by atoms with Gasteiger partial charge >= 0.3 is 12.1 Å². The standard InChI is InChI=1S/C16H24N2O4S.C2HF3O2/c1-17-9-13(10-21-2)8-16(17)11-18(12-16)23(19,20)15-6-4-14(22-3)5-7-15;3-2(4,5)1(6)7/h4-7,13H,8-12H2,1-3H3;(H,6,7). The first-order valence-electron chi connectivity index (χ1n) is 9.00. The Balaban J connectivity index is 0.000000396. The zero-order valence-electron chi connectivity index (χ0n) is 16.8. The number of methoxy groups -OCH3 is 2. The predicted octanol–water partition coefficient (Wildman–Crippen LogP) is 1.67. The zero-order chi connectivity index (χ0) is 22.7. The van der Waals surface area contributed by atoms with Gasteiger partial charge in [0.25, 0.3) is 0 Å². The minimum atomic E-state index is -5.08. The van der Waals surface area contributed by atoms with Crippen molar-refractivity contribution in [2.75, 3.05) is 47.5 Å². The van der Waals surface area contributed by atoms with E-state index >= 15 is 0 Å². The SMILES string of the molecule is COCC1CN(C)C2(C1)CN(S(=O)(=O)c1ccc(OC)cc1)C2.O=C(O)C(F)(F)F. The lowest BCUT2D eigenvalue weighted by molar-refractivity contribution is -0.192. The highest BCUT2D eigenvalue weighted by Gasteiger charge is 2.55. The van der Waals surface area contributed by atoms with Crippen LogP contribution in [0, 0.1) is 5.92 Å². The number of halogens is 3. The summed E-state index contributed by atoms with van der Waals surface area (Å²) in [6.45, 7) is 2.80. The van der Waals surface area contributed by atoms with Crippen LogP contribution in [0.15, 0.2) is 29.2 Å². The molecule has 170 valence electrons. The van der Waals surface area contributed by atoms with Crippen molar-refractivity contribution in [3.8, 4) is 5.75 Å². The molecule has 1 aromatic carbocycles. The second-order valence-corrected chi connectivity index (χ2v) is 9.32. The predicted molar refractivity (Wildman–Crippen MR) is 101 cm³/mol. The number of carboxylic acid groups (broad SMARTS) is 1. The van der Waals surface area contributed by atoms with Gasteiger partial charge in [-0.25, -0.2) is 13.2 Å². The lowest BCUT2D eigenvalue weighted by Crippen LogP contribution is -2.67. The molecule has 2 fully saturated rings. The molecule has 30 heavy (non-hydrogen) atoms. The van der Waals surface area contributed by atoms with Crippen LogP contribution < -0.4 is 4.74 Å². The summed E-state index contributed by atoms with van der Waals surface area (Å²) < 4.78 is 69.1. The Morgan fingerprint density at radius 1 is 1.23 bits per heavy atom. The molecular weight excluding hydrogens is 429 g/mol. The monoisotopic (exact) mass is 454 g/mol. The topological polar surface area (TPSA) is 96.4 Å². The van der Waals surface area contributed by atoms with E-state index < -0.39 is 22.2 Å². The van der Waals surface area contributed by atoms with Crippen LogP contribution in [0.25, 0.3) is 0 Å². The molecule has 1 spiro atoms. The van der Waals surface area contributed by atoms with E-state index in [0.717, 1.165) is 19.6 Å². The smallest absolute Gasteiger partial charge is 0.490 e. The second kappa shape index (κ2) is 9.08. The maximum atomic E-state index is 12.7. The third-order valence-electron chi connectivity index (χ3n) is 5.29. The van der Waals surface area contributed by atoms with Gasteiger partial charge in [0, 0.05) is 32.3 Å². The minimum absolute atomic E-state index is 0.0251. The fourth-order valence-electron chi connectivity index (χ4n) is 3.73. The van der Waals surface area contributed by atoms with Gasteiger partial charge in [-0.1, -0.05) is 0 Å². The highest BCUT2D eigenvalue weighted by molar-refractivity contribution is 7.89. The highest BCUT2D eigenvalue weighted by atomic mass is 32.2. The molecule has 0 aromatic heterocycles. The number of benzene rings is 1. The molecule has 0 aliphatic carbocycles. The second-order valence-electron chi connectivity index (χ2n) is 7.38. The Kier molecular flexibility index (Phi) is 7.38. The van der Waals surface area contributed by atoms with Crippen molar-refractivity contribution in [2.24, 2.45) is 5.92 Å². The van der Waals surface area contributed by atoms with Crippen molar-refractivity contribution in [3.63, 3.8) is 0 Å².